The average molecular weight is 288 g/mol. The van der Waals surface area contributed by atoms with Crippen LogP contribution in [0.15, 0.2) is 16.6 Å². The third-order valence-corrected chi connectivity index (χ3v) is 3.68. The van der Waals surface area contributed by atoms with E-state index in [2.05, 4.69) is 15.9 Å². The van der Waals surface area contributed by atoms with E-state index in [-0.39, 0.29) is 0 Å². The fourth-order valence-electron chi connectivity index (χ4n) is 1.78. The standard InChI is InChI=1S/C11H12BrClN2/c1-7-5-8(12)10(6-9(7)13)15-4-2-3-11(15)14/h5-6,14H,2-4H2,1H3. The summed E-state index contributed by atoms with van der Waals surface area (Å²) in [7, 11) is 0. The summed E-state index contributed by atoms with van der Waals surface area (Å²) in [5, 5.41) is 8.58. The predicted molar refractivity (Wildman–Crippen MR) is 68.2 cm³/mol. The summed E-state index contributed by atoms with van der Waals surface area (Å²) in [4.78, 5) is 2.01. The minimum atomic E-state index is 0.676. The number of rotatable bonds is 1. The molecule has 0 aromatic heterocycles. The molecule has 4 heteroatoms. The Hall–Kier alpha value is -0.540. The van der Waals surface area contributed by atoms with Crippen molar-refractivity contribution < 1.29 is 0 Å². The molecular weight excluding hydrogens is 275 g/mol. The highest BCUT2D eigenvalue weighted by Crippen LogP contribution is 2.34. The predicted octanol–water partition coefficient (Wildman–Crippen LogP) is 3.99. The lowest BCUT2D eigenvalue weighted by Crippen LogP contribution is -2.23. The quantitative estimate of drug-likeness (QED) is 0.831. The zero-order chi connectivity index (χ0) is 11.0. The molecule has 1 saturated heterocycles. The van der Waals surface area contributed by atoms with Crippen molar-refractivity contribution in [2.45, 2.75) is 19.8 Å². The van der Waals surface area contributed by atoms with Crippen LogP contribution in [-0.2, 0) is 0 Å². The zero-order valence-electron chi connectivity index (χ0n) is 8.48. The maximum atomic E-state index is 7.83. The molecular formula is C11H12BrClN2. The van der Waals surface area contributed by atoms with E-state index in [4.69, 9.17) is 17.0 Å². The summed E-state index contributed by atoms with van der Waals surface area (Å²) >= 11 is 9.62. The van der Waals surface area contributed by atoms with Crippen molar-refractivity contribution in [3.8, 4) is 0 Å². The van der Waals surface area contributed by atoms with E-state index < -0.39 is 0 Å². The van der Waals surface area contributed by atoms with Gasteiger partial charge in [0.2, 0.25) is 0 Å². The Morgan fingerprint density at radius 1 is 1.47 bits per heavy atom. The van der Waals surface area contributed by atoms with Crippen molar-refractivity contribution >= 4 is 39.1 Å². The molecule has 0 amide bonds. The van der Waals surface area contributed by atoms with Crippen molar-refractivity contribution in [1.82, 2.24) is 0 Å². The molecule has 15 heavy (non-hydrogen) atoms. The SMILES string of the molecule is Cc1cc(Br)c(N2CCCC2=N)cc1Cl. The molecule has 80 valence electrons. The Morgan fingerprint density at radius 2 is 2.20 bits per heavy atom. The molecule has 1 heterocycles. The number of halogens is 2. The molecule has 0 unspecified atom stereocenters. The zero-order valence-corrected chi connectivity index (χ0v) is 10.8. The van der Waals surface area contributed by atoms with E-state index in [0.29, 0.717) is 5.84 Å². The Balaban J connectivity index is 2.43. The van der Waals surface area contributed by atoms with Crippen molar-refractivity contribution in [3.05, 3.63) is 27.2 Å². The minimum absolute atomic E-state index is 0.676. The molecule has 1 fully saturated rings. The van der Waals surface area contributed by atoms with Crippen LogP contribution in [0.5, 0.6) is 0 Å². The molecule has 0 radical (unpaired) electrons. The normalized spacial score (nSPS) is 16.2. The van der Waals surface area contributed by atoms with E-state index in [1.807, 2.05) is 24.0 Å². The van der Waals surface area contributed by atoms with Gasteiger partial charge in [0, 0.05) is 22.5 Å². The topological polar surface area (TPSA) is 27.1 Å². The van der Waals surface area contributed by atoms with Gasteiger partial charge in [-0.05, 0) is 47.0 Å². The number of amidine groups is 1. The summed E-state index contributed by atoms with van der Waals surface area (Å²) in [6, 6.07) is 3.93. The lowest BCUT2D eigenvalue weighted by atomic mass is 10.2. The van der Waals surface area contributed by atoms with E-state index in [1.165, 1.54) is 0 Å². The van der Waals surface area contributed by atoms with E-state index in [0.717, 1.165) is 40.1 Å². The molecule has 1 aliphatic rings. The average Bonchev–Trinajstić information content (AvgIpc) is 2.58. The number of aryl methyl sites for hydroxylation is 1. The first kappa shape index (κ1) is 11.0. The summed E-state index contributed by atoms with van der Waals surface area (Å²) < 4.78 is 1.01. The van der Waals surface area contributed by atoms with Crippen LogP contribution in [0.1, 0.15) is 18.4 Å². The van der Waals surface area contributed by atoms with Crippen LogP contribution in [-0.4, -0.2) is 12.4 Å². The van der Waals surface area contributed by atoms with Gasteiger partial charge >= 0.3 is 0 Å². The van der Waals surface area contributed by atoms with E-state index in [1.54, 1.807) is 0 Å². The highest BCUT2D eigenvalue weighted by atomic mass is 79.9. The number of nitrogens with zero attached hydrogens (tertiary/aromatic N) is 1. The van der Waals surface area contributed by atoms with Gasteiger partial charge in [-0.1, -0.05) is 11.6 Å². The smallest absolute Gasteiger partial charge is 0.100 e. The molecule has 0 spiro atoms. The van der Waals surface area contributed by atoms with Gasteiger partial charge < -0.3 is 4.90 Å². The number of hydrogen-bond acceptors (Lipinski definition) is 1. The van der Waals surface area contributed by atoms with Gasteiger partial charge in [-0.3, -0.25) is 5.41 Å². The monoisotopic (exact) mass is 286 g/mol. The van der Waals surface area contributed by atoms with Gasteiger partial charge in [0.15, 0.2) is 0 Å². The number of benzene rings is 1. The first-order valence-electron chi connectivity index (χ1n) is 4.90. The first-order chi connectivity index (χ1) is 7.09. The lowest BCUT2D eigenvalue weighted by Gasteiger charge is -2.20. The van der Waals surface area contributed by atoms with Crippen LogP contribution < -0.4 is 4.90 Å². The van der Waals surface area contributed by atoms with Crippen LogP contribution in [0, 0.1) is 12.3 Å². The second-order valence-electron chi connectivity index (χ2n) is 3.75. The lowest BCUT2D eigenvalue weighted by molar-refractivity contribution is 0.955. The van der Waals surface area contributed by atoms with Crippen LogP contribution in [0.4, 0.5) is 5.69 Å². The molecule has 1 aromatic carbocycles. The largest absolute Gasteiger partial charge is 0.329 e. The number of hydrogen-bond donors (Lipinski definition) is 1. The van der Waals surface area contributed by atoms with Crippen LogP contribution in [0.25, 0.3) is 0 Å². The van der Waals surface area contributed by atoms with Crippen molar-refractivity contribution in [2.24, 2.45) is 0 Å². The van der Waals surface area contributed by atoms with Crippen molar-refractivity contribution in [3.63, 3.8) is 0 Å². The Morgan fingerprint density at radius 3 is 2.80 bits per heavy atom. The summed E-state index contributed by atoms with van der Waals surface area (Å²) in [6.45, 7) is 2.89. The summed E-state index contributed by atoms with van der Waals surface area (Å²) in [5.74, 6) is 0.676. The second-order valence-corrected chi connectivity index (χ2v) is 5.02. The Bertz CT molecular complexity index is 417. The highest BCUT2D eigenvalue weighted by Gasteiger charge is 2.21. The van der Waals surface area contributed by atoms with Crippen LogP contribution in [0.3, 0.4) is 0 Å². The minimum Gasteiger partial charge on any atom is -0.329 e. The van der Waals surface area contributed by atoms with E-state index in [9.17, 15) is 0 Å². The second kappa shape index (κ2) is 4.14. The Kier molecular flexibility index (Phi) is 3.03. The fourth-order valence-corrected chi connectivity index (χ4v) is 2.61. The maximum absolute atomic E-state index is 7.83. The van der Waals surface area contributed by atoms with Gasteiger partial charge in [-0.2, -0.15) is 0 Å². The third kappa shape index (κ3) is 2.04. The number of anilines is 1. The first-order valence-corrected chi connectivity index (χ1v) is 6.07. The molecule has 2 nitrogen and oxygen atoms in total. The van der Waals surface area contributed by atoms with Gasteiger partial charge in [-0.25, -0.2) is 0 Å². The summed E-state index contributed by atoms with van der Waals surface area (Å²) in [5.41, 5.74) is 2.06. The van der Waals surface area contributed by atoms with Crippen LogP contribution in [0.2, 0.25) is 5.02 Å². The highest BCUT2D eigenvalue weighted by molar-refractivity contribution is 9.10. The molecule has 0 atom stereocenters. The van der Waals surface area contributed by atoms with E-state index >= 15 is 0 Å². The van der Waals surface area contributed by atoms with Gasteiger partial charge in [0.25, 0.3) is 0 Å². The Labute approximate surface area is 103 Å². The fraction of sp³-hybridized carbons (Fsp3) is 0.364. The molecule has 0 bridgehead atoms. The van der Waals surface area contributed by atoms with Crippen LogP contribution >= 0.6 is 27.5 Å². The van der Waals surface area contributed by atoms with Crippen molar-refractivity contribution in [2.75, 3.05) is 11.4 Å². The molecule has 1 aliphatic heterocycles. The molecule has 0 saturated carbocycles. The summed E-state index contributed by atoms with van der Waals surface area (Å²) in [6.07, 6.45) is 1.91. The van der Waals surface area contributed by atoms with Gasteiger partial charge in [-0.15, -0.1) is 0 Å². The molecule has 1 aromatic rings. The third-order valence-electron chi connectivity index (χ3n) is 2.64. The van der Waals surface area contributed by atoms with Gasteiger partial charge in [0.1, 0.15) is 5.84 Å². The van der Waals surface area contributed by atoms with Crippen molar-refractivity contribution in [1.29, 1.82) is 5.41 Å². The van der Waals surface area contributed by atoms with Gasteiger partial charge in [0.05, 0.1) is 5.69 Å². The molecule has 1 N–H and O–H groups in total. The molecule has 0 aliphatic carbocycles. The number of nitrogens with one attached hydrogen (secondary N) is 1. The molecule has 2 rings (SSSR count). The maximum Gasteiger partial charge on any atom is 0.100 e.